The van der Waals surface area contributed by atoms with Gasteiger partial charge >= 0.3 is 6.18 Å². The average molecular weight is 461 g/mol. The Morgan fingerprint density at radius 1 is 1.00 bits per heavy atom. The molecule has 0 aromatic heterocycles. The van der Waals surface area contributed by atoms with E-state index in [1.165, 1.54) is 0 Å². The molecule has 2 N–H and O–H groups in total. The predicted octanol–water partition coefficient (Wildman–Crippen LogP) is 5.30. The van der Waals surface area contributed by atoms with Crippen molar-refractivity contribution in [3.8, 4) is 0 Å². The van der Waals surface area contributed by atoms with Crippen molar-refractivity contribution < 1.29 is 29.2 Å². The molecule has 1 aliphatic rings. The Morgan fingerprint density at radius 3 is 2.10 bits per heavy atom. The first-order chi connectivity index (χ1) is 14.6. The summed E-state index contributed by atoms with van der Waals surface area (Å²) >= 11 is 0. The molecule has 3 rings (SSSR count). The van der Waals surface area contributed by atoms with Gasteiger partial charge in [0.25, 0.3) is 0 Å². The Bertz CT molecular complexity index is 922. The number of halogens is 3. The minimum absolute atomic E-state index is 0. The van der Waals surface area contributed by atoms with E-state index >= 15 is 0 Å². The van der Waals surface area contributed by atoms with Crippen molar-refractivity contribution >= 4 is 16.4 Å². The molecule has 0 bridgehead atoms. The van der Waals surface area contributed by atoms with Gasteiger partial charge < -0.3 is 5.32 Å². The van der Waals surface area contributed by atoms with Gasteiger partial charge in [0, 0.05) is 8.90 Å². The number of alkyl halides is 3. The first-order valence-corrected chi connectivity index (χ1v) is 11.6. The summed E-state index contributed by atoms with van der Waals surface area (Å²) in [7, 11) is -3.74. The fourth-order valence-electron chi connectivity index (χ4n) is 3.27. The van der Waals surface area contributed by atoms with Crippen LogP contribution in [-0.4, -0.2) is 20.9 Å². The van der Waals surface area contributed by atoms with Crippen molar-refractivity contribution in [1.29, 1.82) is 0 Å². The van der Waals surface area contributed by atoms with Crippen molar-refractivity contribution in [3.05, 3.63) is 65.7 Å². The van der Waals surface area contributed by atoms with Crippen molar-refractivity contribution in [2.24, 2.45) is 0 Å². The van der Waals surface area contributed by atoms with E-state index < -0.39 is 21.8 Å². The van der Waals surface area contributed by atoms with Gasteiger partial charge in [-0.15, -0.1) is 0 Å². The number of nitrogens with one attached hydrogen (secondary N) is 2. The standard InChI is InChI=1S/C13H16F3NO2S.C9H11NO.2H2/c14-13(15,16)10-6-8-12(9-7-10)20(18,19)17-11-4-2-1-3-5-11;1-8(10-7-11)9-5-3-2-4-6-9;;/h6-9,11,17H,1-5H2;2-8H,1H3,(H,10,11);2*1H/t;8-;;/m.1../s1. The summed E-state index contributed by atoms with van der Waals surface area (Å²) in [6, 6.07) is 13.4. The smallest absolute Gasteiger partial charge is 0.352 e. The van der Waals surface area contributed by atoms with Crippen LogP contribution in [0.4, 0.5) is 13.2 Å². The normalized spacial score (nSPS) is 16.0. The summed E-state index contributed by atoms with van der Waals surface area (Å²) in [6.07, 6.45) is 0.857. The van der Waals surface area contributed by atoms with Crippen LogP contribution in [0.15, 0.2) is 59.5 Å². The maximum absolute atomic E-state index is 12.4. The second-order valence-corrected chi connectivity index (χ2v) is 9.11. The van der Waals surface area contributed by atoms with Crippen LogP contribution in [0.25, 0.3) is 0 Å². The van der Waals surface area contributed by atoms with E-state index in [0.717, 1.165) is 68.3 Å². The van der Waals surface area contributed by atoms with Gasteiger partial charge in [0.15, 0.2) is 0 Å². The molecule has 1 amide bonds. The third-order valence-corrected chi connectivity index (χ3v) is 6.57. The molecule has 9 heteroatoms. The van der Waals surface area contributed by atoms with Crippen molar-refractivity contribution in [3.63, 3.8) is 0 Å². The highest BCUT2D eigenvalue weighted by molar-refractivity contribution is 7.89. The monoisotopic (exact) mass is 460 g/mol. The number of amides is 1. The molecule has 0 saturated heterocycles. The highest BCUT2D eigenvalue weighted by atomic mass is 32.2. The molecule has 2 aromatic rings. The average Bonchev–Trinajstić information content (AvgIpc) is 2.75. The number of carbonyl (C=O) groups is 1. The largest absolute Gasteiger partial charge is 0.416 e. The lowest BCUT2D eigenvalue weighted by Gasteiger charge is -2.22. The minimum Gasteiger partial charge on any atom is -0.352 e. The van der Waals surface area contributed by atoms with Crippen LogP contribution in [0.2, 0.25) is 0 Å². The highest BCUT2D eigenvalue weighted by Gasteiger charge is 2.31. The predicted molar refractivity (Wildman–Crippen MR) is 117 cm³/mol. The van der Waals surface area contributed by atoms with E-state index in [1.54, 1.807) is 0 Å². The number of carbonyl (C=O) groups excluding carboxylic acids is 1. The molecule has 2 aromatic carbocycles. The van der Waals surface area contributed by atoms with Crippen LogP contribution in [0.5, 0.6) is 0 Å². The Balaban J connectivity index is 0.000000677. The molecule has 31 heavy (non-hydrogen) atoms. The van der Waals surface area contributed by atoms with Crippen molar-refractivity contribution in [2.75, 3.05) is 0 Å². The molecule has 1 aliphatic carbocycles. The molecule has 0 aliphatic heterocycles. The Kier molecular flexibility index (Phi) is 9.06. The summed E-state index contributed by atoms with van der Waals surface area (Å²) in [5.74, 6) is 0. The van der Waals surface area contributed by atoms with Crippen LogP contribution < -0.4 is 10.0 Å². The van der Waals surface area contributed by atoms with E-state index in [9.17, 15) is 26.4 Å². The first kappa shape index (κ1) is 24.9. The summed E-state index contributed by atoms with van der Waals surface area (Å²) in [4.78, 5) is 9.95. The Labute approximate surface area is 184 Å². The summed E-state index contributed by atoms with van der Waals surface area (Å²) in [6.45, 7) is 1.95. The van der Waals surface area contributed by atoms with Crippen LogP contribution in [-0.2, 0) is 21.0 Å². The number of benzene rings is 2. The minimum atomic E-state index is -4.46. The SMILES string of the molecule is C[C@@H](NC=O)c1ccccc1.O=S(=O)(NC1CCCCC1)c1ccc(C(F)(F)F)cc1.[HH].[HH]. The van der Waals surface area contributed by atoms with E-state index in [0.29, 0.717) is 0 Å². The van der Waals surface area contributed by atoms with Crippen LogP contribution in [0.1, 0.15) is 59.0 Å². The van der Waals surface area contributed by atoms with Crippen molar-refractivity contribution in [2.45, 2.75) is 62.2 Å². The zero-order chi connectivity index (χ0) is 22.9. The van der Waals surface area contributed by atoms with Gasteiger partial charge in [-0.1, -0.05) is 49.6 Å². The molecule has 174 valence electrons. The maximum Gasteiger partial charge on any atom is 0.416 e. The zero-order valence-electron chi connectivity index (χ0n) is 17.2. The van der Waals surface area contributed by atoms with E-state index in [2.05, 4.69) is 10.0 Å². The topological polar surface area (TPSA) is 75.3 Å². The lowest BCUT2D eigenvalue weighted by atomic mass is 9.96. The van der Waals surface area contributed by atoms with E-state index in [1.807, 2.05) is 37.3 Å². The van der Waals surface area contributed by atoms with E-state index in [-0.39, 0.29) is 19.8 Å². The second-order valence-electron chi connectivity index (χ2n) is 7.40. The third kappa shape index (κ3) is 7.99. The fraction of sp³-hybridized carbons (Fsp3) is 0.409. The summed E-state index contributed by atoms with van der Waals surface area (Å²) in [5.41, 5.74) is 0.272. The second kappa shape index (κ2) is 11.3. The van der Waals surface area contributed by atoms with Gasteiger partial charge in [0.2, 0.25) is 16.4 Å². The molecule has 0 spiro atoms. The van der Waals surface area contributed by atoms with Gasteiger partial charge in [-0.3, -0.25) is 4.79 Å². The van der Waals surface area contributed by atoms with Crippen molar-refractivity contribution in [1.82, 2.24) is 10.0 Å². The van der Waals surface area contributed by atoms with Gasteiger partial charge in [-0.2, -0.15) is 13.2 Å². The maximum atomic E-state index is 12.4. The molecule has 0 unspecified atom stereocenters. The molecule has 1 atom stereocenters. The summed E-state index contributed by atoms with van der Waals surface area (Å²) < 4.78 is 64.0. The van der Waals surface area contributed by atoms with Gasteiger partial charge in [0.1, 0.15) is 0 Å². The fourth-order valence-corrected chi connectivity index (χ4v) is 4.58. The van der Waals surface area contributed by atoms with Crippen LogP contribution >= 0.6 is 0 Å². The summed E-state index contributed by atoms with van der Waals surface area (Å²) in [5, 5.41) is 2.68. The molecule has 0 heterocycles. The zero-order valence-corrected chi connectivity index (χ0v) is 18.0. The van der Waals surface area contributed by atoms with Gasteiger partial charge in [-0.25, -0.2) is 13.1 Å². The van der Waals surface area contributed by atoms with E-state index in [4.69, 9.17) is 0 Å². The van der Waals surface area contributed by atoms with Crippen LogP contribution in [0, 0.1) is 0 Å². The number of sulfonamides is 1. The van der Waals surface area contributed by atoms with Gasteiger partial charge in [-0.05, 0) is 49.6 Å². The van der Waals surface area contributed by atoms with Gasteiger partial charge in [0.05, 0.1) is 16.5 Å². The molecule has 1 fully saturated rings. The number of hydrogen-bond donors (Lipinski definition) is 2. The lowest BCUT2D eigenvalue weighted by Crippen LogP contribution is -2.36. The highest BCUT2D eigenvalue weighted by Crippen LogP contribution is 2.30. The molecular weight excluding hydrogens is 429 g/mol. The molecule has 0 radical (unpaired) electrons. The molecule has 1 saturated carbocycles. The molecular formula is C22H31F3N2O3S. The third-order valence-electron chi connectivity index (χ3n) is 5.04. The Hall–Kier alpha value is -2.39. The first-order valence-electron chi connectivity index (χ1n) is 10.1. The Morgan fingerprint density at radius 2 is 1.58 bits per heavy atom. The van der Waals surface area contributed by atoms with Crippen LogP contribution in [0.3, 0.4) is 0 Å². The quantitative estimate of drug-likeness (QED) is 0.574. The number of hydrogen-bond acceptors (Lipinski definition) is 3. The molecule has 5 nitrogen and oxygen atoms in total. The number of rotatable bonds is 6. The lowest BCUT2D eigenvalue weighted by molar-refractivity contribution is -0.137.